The molecule has 0 amide bonds. The first-order chi connectivity index (χ1) is 14.3. The van der Waals surface area contributed by atoms with E-state index in [-0.39, 0.29) is 6.04 Å². The number of rotatable bonds is 5. The second kappa shape index (κ2) is 7.58. The van der Waals surface area contributed by atoms with E-state index in [1.807, 2.05) is 6.20 Å². The lowest BCUT2D eigenvalue weighted by Crippen LogP contribution is -2.42. The molecule has 0 saturated heterocycles. The fourth-order valence-electron chi connectivity index (χ4n) is 4.95. The second-order valence-electron chi connectivity index (χ2n) is 8.34. The van der Waals surface area contributed by atoms with Gasteiger partial charge in [0.1, 0.15) is 17.8 Å². The van der Waals surface area contributed by atoms with Gasteiger partial charge in [0.25, 0.3) is 0 Å². The molecular formula is C23H28N6. The van der Waals surface area contributed by atoms with Crippen LogP contribution in [0.1, 0.15) is 75.1 Å². The molecule has 0 N–H and O–H groups in total. The van der Waals surface area contributed by atoms with Gasteiger partial charge in [-0.1, -0.05) is 57.0 Å². The van der Waals surface area contributed by atoms with E-state index in [2.05, 4.69) is 63.8 Å². The van der Waals surface area contributed by atoms with Crippen LogP contribution in [0.2, 0.25) is 0 Å². The maximum absolute atomic E-state index is 5.12. The molecule has 1 aromatic carbocycles. The second-order valence-corrected chi connectivity index (χ2v) is 8.34. The molecule has 2 aromatic heterocycles. The van der Waals surface area contributed by atoms with Crippen LogP contribution < -0.4 is 4.90 Å². The fourth-order valence-corrected chi connectivity index (χ4v) is 4.95. The molecule has 6 heteroatoms. The number of hydrogen-bond acceptors (Lipinski definition) is 5. The minimum absolute atomic E-state index is 0.224. The first-order valence-electron chi connectivity index (χ1n) is 10.9. The minimum atomic E-state index is 0.224. The summed E-state index contributed by atoms with van der Waals surface area (Å²) in [6.07, 6.45) is 10.6. The van der Waals surface area contributed by atoms with Gasteiger partial charge in [0.05, 0.1) is 12.2 Å². The molecule has 0 spiro atoms. The summed E-state index contributed by atoms with van der Waals surface area (Å²) in [5.41, 5.74) is 2.34. The van der Waals surface area contributed by atoms with Crippen molar-refractivity contribution >= 4 is 5.82 Å². The summed E-state index contributed by atoms with van der Waals surface area (Å²) in [7, 11) is 0. The van der Waals surface area contributed by atoms with Gasteiger partial charge in [0.2, 0.25) is 0 Å². The summed E-state index contributed by atoms with van der Waals surface area (Å²) in [4.78, 5) is 12.4. The molecule has 1 saturated carbocycles. The van der Waals surface area contributed by atoms with Crippen molar-refractivity contribution in [2.24, 2.45) is 0 Å². The van der Waals surface area contributed by atoms with E-state index in [1.54, 1.807) is 6.33 Å². The summed E-state index contributed by atoms with van der Waals surface area (Å²) in [5.74, 6) is 3.36. The minimum Gasteiger partial charge on any atom is -0.342 e. The molecule has 0 radical (unpaired) electrons. The van der Waals surface area contributed by atoms with Crippen molar-refractivity contribution in [2.45, 2.75) is 70.4 Å². The van der Waals surface area contributed by atoms with Crippen molar-refractivity contribution in [1.82, 2.24) is 24.7 Å². The number of aromatic nitrogens is 5. The van der Waals surface area contributed by atoms with Crippen LogP contribution in [0.25, 0.3) is 5.69 Å². The van der Waals surface area contributed by atoms with Crippen LogP contribution in [-0.4, -0.2) is 30.8 Å². The number of hydrogen-bond donors (Lipinski definition) is 0. The van der Waals surface area contributed by atoms with E-state index >= 15 is 0 Å². The number of benzene rings is 1. The average Bonchev–Trinajstić information content (AvgIpc) is 3.45. The third kappa shape index (κ3) is 3.20. The molecule has 1 aliphatic heterocycles. The van der Waals surface area contributed by atoms with Crippen molar-refractivity contribution in [1.29, 1.82) is 0 Å². The molecule has 1 fully saturated rings. The Balaban J connectivity index is 1.54. The molecule has 6 nitrogen and oxygen atoms in total. The lowest BCUT2D eigenvalue weighted by Gasteiger charge is -2.40. The van der Waals surface area contributed by atoms with Crippen LogP contribution in [0.15, 0.2) is 42.9 Å². The molecule has 3 aromatic rings. The van der Waals surface area contributed by atoms with E-state index in [0.29, 0.717) is 12.0 Å². The molecule has 1 aliphatic carbocycles. The molecule has 0 unspecified atom stereocenters. The molecule has 0 bridgehead atoms. The average molecular weight is 389 g/mol. The highest BCUT2D eigenvalue weighted by Crippen LogP contribution is 2.42. The molecule has 29 heavy (non-hydrogen) atoms. The highest BCUT2D eigenvalue weighted by Gasteiger charge is 2.38. The zero-order valence-electron chi connectivity index (χ0n) is 17.2. The molecule has 2 atom stereocenters. The van der Waals surface area contributed by atoms with Gasteiger partial charge >= 0.3 is 0 Å². The molecule has 150 valence electrons. The van der Waals surface area contributed by atoms with Gasteiger partial charge < -0.3 is 4.90 Å². The van der Waals surface area contributed by atoms with Crippen LogP contribution >= 0.6 is 0 Å². The van der Waals surface area contributed by atoms with Gasteiger partial charge in [-0.25, -0.2) is 9.97 Å². The van der Waals surface area contributed by atoms with Crippen molar-refractivity contribution in [3.63, 3.8) is 0 Å². The van der Waals surface area contributed by atoms with Crippen LogP contribution in [0.5, 0.6) is 0 Å². The van der Waals surface area contributed by atoms with E-state index in [0.717, 1.165) is 36.0 Å². The van der Waals surface area contributed by atoms with Gasteiger partial charge in [-0.3, -0.25) is 4.57 Å². The summed E-state index contributed by atoms with van der Waals surface area (Å²) in [6, 6.07) is 11.4. The topological polar surface area (TPSA) is 59.7 Å². The first kappa shape index (κ1) is 18.3. The Labute approximate surface area is 172 Å². The zero-order valence-corrected chi connectivity index (χ0v) is 17.2. The van der Waals surface area contributed by atoms with Gasteiger partial charge in [-0.2, -0.15) is 0 Å². The van der Waals surface area contributed by atoms with Crippen LogP contribution in [0.4, 0.5) is 5.82 Å². The predicted octanol–water partition coefficient (Wildman–Crippen LogP) is 4.62. The lowest BCUT2D eigenvalue weighted by atomic mass is 9.97. The Morgan fingerprint density at radius 2 is 1.93 bits per heavy atom. The molecular weight excluding hydrogens is 360 g/mol. The third-order valence-corrected chi connectivity index (χ3v) is 6.47. The maximum atomic E-state index is 5.12. The number of nitrogens with zero attached hydrogens (tertiary/aromatic N) is 6. The van der Waals surface area contributed by atoms with Gasteiger partial charge in [-0.05, 0) is 30.7 Å². The summed E-state index contributed by atoms with van der Waals surface area (Å²) >= 11 is 0. The van der Waals surface area contributed by atoms with Crippen molar-refractivity contribution in [3.8, 4) is 5.69 Å². The van der Waals surface area contributed by atoms with Crippen molar-refractivity contribution in [2.75, 3.05) is 4.90 Å². The van der Waals surface area contributed by atoms with Crippen molar-refractivity contribution in [3.05, 3.63) is 60.1 Å². The number of anilines is 1. The molecule has 3 heterocycles. The van der Waals surface area contributed by atoms with E-state index in [1.165, 1.54) is 31.2 Å². The highest BCUT2D eigenvalue weighted by atomic mass is 15.4. The third-order valence-electron chi connectivity index (χ3n) is 6.47. The van der Waals surface area contributed by atoms with Crippen LogP contribution in [0, 0.1) is 0 Å². The monoisotopic (exact) mass is 388 g/mol. The first-order valence-corrected chi connectivity index (χ1v) is 10.9. The Morgan fingerprint density at radius 1 is 1.14 bits per heavy atom. The normalized spacial score (nSPS) is 19.8. The Morgan fingerprint density at radius 3 is 2.69 bits per heavy atom. The van der Waals surface area contributed by atoms with Gasteiger partial charge in [0.15, 0.2) is 11.6 Å². The quantitative estimate of drug-likeness (QED) is 0.638. The van der Waals surface area contributed by atoms with Crippen molar-refractivity contribution < 1.29 is 0 Å². The smallest absolute Gasteiger partial charge is 0.160 e. The molecule has 5 rings (SSSR count). The maximum Gasteiger partial charge on any atom is 0.160 e. The standard InChI is InChI=1S/C23H28N6/c1-3-19-23-27-25-15-28(23)20-14-24-21(13-16(2)17-9-5-4-6-10-17)26-22(20)29(19)18-11-7-8-12-18/h4-6,9-10,14-16,18-19H,3,7-8,11-13H2,1-2H3/t16-,19-/m1/s1. The fraction of sp³-hybridized carbons (Fsp3) is 0.478. The summed E-state index contributed by atoms with van der Waals surface area (Å²) < 4.78 is 2.08. The number of fused-ring (bicyclic) bond motifs is 3. The van der Waals surface area contributed by atoms with E-state index in [9.17, 15) is 0 Å². The Hall–Kier alpha value is -2.76. The summed E-state index contributed by atoms with van der Waals surface area (Å²) in [6.45, 7) is 4.48. The highest BCUT2D eigenvalue weighted by molar-refractivity contribution is 5.62. The lowest BCUT2D eigenvalue weighted by molar-refractivity contribution is 0.467. The van der Waals surface area contributed by atoms with Crippen LogP contribution in [0.3, 0.4) is 0 Å². The Kier molecular flexibility index (Phi) is 4.78. The van der Waals surface area contributed by atoms with E-state index in [4.69, 9.17) is 9.97 Å². The van der Waals surface area contributed by atoms with Gasteiger partial charge in [-0.15, -0.1) is 10.2 Å². The van der Waals surface area contributed by atoms with Gasteiger partial charge in [0, 0.05) is 12.5 Å². The molecule has 2 aliphatic rings. The SMILES string of the molecule is CC[C@@H]1c2nncn2-c2cnc(C[C@@H](C)c3ccccc3)nc2N1C1CCCC1. The predicted molar refractivity (Wildman–Crippen MR) is 113 cm³/mol. The Bertz CT molecular complexity index is 976. The summed E-state index contributed by atoms with van der Waals surface area (Å²) in [5, 5.41) is 8.66. The van der Waals surface area contributed by atoms with E-state index < -0.39 is 0 Å². The zero-order chi connectivity index (χ0) is 19.8. The van der Waals surface area contributed by atoms with Crippen LogP contribution in [-0.2, 0) is 6.42 Å². The largest absolute Gasteiger partial charge is 0.342 e.